The van der Waals surface area contributed by atoms with Gasteiger partial charge in [-0.25, -0.2) is 0 Å². The molecule has 3 heterocycles. The maximum Gasteiger partial charge on any atom is 0.322 e. The second kappa shape index (κ2) is 31.6. The Labute approximate surface area is 469 Å². The van der Waals surface area contributed by atoms with Crippen LogP contribution in [0, 0.1) is 23.7 Å². The summed E-state index contributed by atoms with van der Waals surface area (Å²) >= 11 is 0. The van der Waals surface area contributed by atoms with E-state index < -0.39 is 219 Å². The summed E-state index contributed by atoms with van der Waals surface area (Å²) in [5, 5.41) is 91.2. The van der Waals surface area contributed by atoms with Crippen molar-refractivity contribution in [2.24, 2.45) is 29.4 Å². The summed E-state index contributed by atoms with van der Waals surface area (Å²) in [6.45, 7) is 14.0. The van der Waals surface area contributed by atoms with Crippen molar-refractivity contribution < 1.29 is 103 Å². The number of nitrogens with two attached hydrogens (primary N) is 1. The molecule has 3 aliphatic rings. The highest BCUT2D eigenvalue weighted by Crippen LogP contribution is 2.31. The maximum absolute atomic E-state index is 14.2. The highest BCUT2D eigenvalue weighted by Gasteiger charge is 2.52. The molecule has 3 saturated heterocycles. The van der Waals surface area contributed by atoms with Crippen LogP contribution in [0.1, 0.15) is 89.0 Å². The topological polar surface area (TPSA) is 475 Å². The number of carboxylic acids is 1. The summed E-state index contributed by atoms with van der Waals surface area (Å²) in [5.41, 5.74) is 6.37. The minimum atomic E-state index is -1.93. The van der Waals surface area contributed by atoms with Gasteiger partial charge in [0, 0.05) is 13.5 Å². The number of hydrogen-bond donors (Lipinski definition) is 16. The number of aliphatic hydroxyl groups is 6. The molecular formula is C50H86N10O21. The molecule has 0 radical (unpaired) electrons. The first kappa shape index (κ1) is 69.5. The largest absolute Gasteiger partial charge is 0.480 e. The van der Waals surface area contributed by atoms with Crippen LogP contribution in [0.2, 0.25) is 0 Å². The van der Waals surface area contributed by atoms with Crippen LogP contribution in [0.15, 0.2) is 0 Å². The van der Waals surface area contributed by atoms with Crippen LogP contribution in [-0.2, 0) is 66.9 Å². The number of carbonyl (C=O) groups excluding carboxylic acids is 9. The number of amides is 9. The van der Waals surface area contributed by atoms with Gasteiger partial charge in [-0.3, -0.25) is 47.9 Å². The van der Waals surface area contributed by atoms with Gasteiger partial charge in [0.05, 0.1) is 25.9 Å². The van der Waals surface area contributed by atoms with Crippen LogP contribution >= 0.6 is 0 Å². The Bertz CT molecular complexity index is 2190. The van der Waals surface area contributed by atoms with Gasteiger partial charge < -0.3 is 108 Å². The third kappa shape index (κ3) is 19.2. The molecule has 0 aliphatic carbocycles. The SMILES string of the molecule is CC(=O)N[C@H]1[C@@H](O[C@H](C)[C@H](N)C(=O)N[C@H](C(=O)N2CCC[C@H]2C(=O)N[C@@H](C)C(=O)NCC(=O)N[C@H](C(=O)N[C@H](C(=O)N[C@H](C(=O)NCC(=O)O)C(C)C)C(C)C)C(C)C)C(C)C)O[C@H](CO)[C@H](O)[C@@H]1O[C@@H]1O[C@H](CO)[C@H](O)[C@H](O)[C@H]1O. The first-order chi connectivity index (χ1) is 37.8. The smallest absolute Gasteiger partial charge is 0.322 e. The van der Waals surface area contributed by atoms with Crippen molar-refractivity contribution >= 4 is 59.1 Å². The molecule has 0 aromatic rings. The van der Waals surface area contributed by atoms with Gasteiger partial charge in [0.2, 0.25) is 53.2 Å². The number of nitrogens with zero attached hydrogens (tertiary/aromatic N) is 1. The van der Waals surface area contributed by atoms with Gasteiger partial charge in [0.15, 0.2) is 12.6 Å². The monoisotopic (exact) mass is 1160 g/mol. The first-order valence-corrected chi connectivity index (χ1v) is 26.9. The summed E-state index contributed by atoms with van der Waals surface area (Å²) in [4.78, 5) is 132. The van der Waals surface area contributed by atoms with Crippen molar-refractivity contribution in [1.82, 2.24) is 47.4 Å². The molecule has 462 valence electrons. The maximum atomic E-state index is 14.2. The molecule has 17 N–H and O–H groups in total. The van der Waals surface area contributed by atoms with Crippen LogP contribution in [0.5, 0.6) is 0 Å². The number of carbonyl (C=O) groups is 10. The molecule has 3 fully saturated rings. The molecule has 31 heteroatoms. The molecule has 31 nitrogen and oxygen atoms in total. The fraction of sp³-hybridized carbons (Fsp3) is 0.800. The van der Waals surface area contributed by atoms with Gasteiger partial charge in [-0.15, -0.1) is 0 Å². The lowest BCUT2D eigenvalue weighted by atomic mass is 9.95. The van der Waals surface area contributed by atoms with Crippen LogP contribution in [0.4, 0.5) is 0 Å². The van der Waals surface area contributed by atoms with E-state index in [9.17, 15) is 78.6 Å². The molecule has 0 aromatic carbocycles. The molecule has 81 heavy (non-hydrogen) atoms. The first-order valence-electron chi connectivity index (χ1n) is 26.9. The highest BCUT2D eigenvalue weighted by molar-refractivity contribution is 5.97. The van der Waals surface area contributed by atoms with Crippen molar-refractivity contribution in [3.63, 3.8) is 0 Å². The molecule has 3 rings (SSSR count). The Balaban J connectivity index is 1.64. The third-order valence-corrected chi connectivity index (χ3v) is 13.9. The zero-order chi connectivity index (χ0) is 61.5. The summed E-state index contributed by atoms with van der Waals surface area (Å²) in [5.74, 6) is -10.2. The number of hydrogen-bond acceptors (Lipinski definition) is 21. The van der Waals surface area contributed by atoms with E-state index in [1.807, 2.05) is 0 Å². The predicted octanol–water partition coefficient (Wildman–Crippen LogP) is -7.14. The number of ether oxygens (including phenoxy) is 4. The quantitative estimate of drug-likeness (QED) is 0.0346. The van der Waals surface area contributed by atoms with E-state index >= 15 is 0 Å². The fourth-order valence-corrected chi connectivity index (χ4v) is 9.11. The number of likely N-dealkylation sites (tertiary alicyclic amines) is 1. The van der Waals surface area contributed by atoms with Crippen LogP contribution in [0.25, 0.3) is 0 Å². The van der Waals surface area contributed by atoms with E-state index in [1.165, 1.54) is 18.7 Å². The number of rotatable bonds is 28. The zero-order valence-electron chi connectivity index (χ0n) is 47.5. The summed E-state index contributed by atoms with van der Waals surface area (Å²) in [6, 6.07) is -10.2. The lowest BCUT2D eigenvalue weighted by Gasteiger charge is -2.48. The standard InChI is InChI=1S/C50H86N10O21/c1-19(2)32(45(74)53-16-30(65)66)57-47(76)34(21(5)6)58-46(75)33(20(3)4)56-29(64)15-52-42(71)23(9)54-43(72)26-13-12-14-60(26)48(77)35(22(7)8)59-44(73)31(51)24(10)78-49-36(55-25(11)63)41(38(68)28(18-62)79-49)81-50-40(70)39(69)37(67)27(17-61)80-50/h19-24,26-28,31-41,49-50,61-62,67-70H,12-18,51H2,1-11H3,(H,52,71)(H,53,74)(H,54,72)(H,55,63)(H,56,64)(H,57,76)(H,58,75)(H,59,73)(H,65,66)/t23-,24+,26-,27+,28+,31-,32-,33-,34-,35-,36+,37-,38-,39-,40+,41+,49-,50-/m0/s1. The zero-order valence-corrected chi connectivity index (χ0v) is 47.5. The molecule has 0 saturated carbocycles. The lowest BCUT2D eigenvalue weighted by Crippen LogP contribution is -2.68. The van der Waals surface area contributed by atoms with E-state index in [0.29, 0.717) is 6.42 Å². The highest BCUT2D eigenvalue weighted by atomic mass is 16.7. The molecular weight excluding hydrogens is 1080 g/mol. The molecule has 3 aliphatic heterocycles. The van der Waals surface area contributed by atoms with Crippen molar-refractivity contribution in [2.75, 3.05) is 32.8 Å². The molecule has 0 aromatic heterocycles. The Morgan fingerprint density at radius 3 is 1.62 bits per heavy atom. The number of aliphatic carboxylic acids is 1. The Hall–Kier alpha value is -5.74. The van der Waals surface area contributed by atoms with Crippen molar-refractivity contribution in [2.45, 2.75) is 199 Å². The van der Waals surface area contributed by atoms with Gasteiger partial charge >= 0.3 is 5.97 Å². The van der Waals surface area contributed by atoms with E-state index in [0.717, 1.165) is 6.92 Å². The Morgan fingerprint density at radius 2 is 1.10 bits per heavy atom. The normalized spacial score (nSPS) is 27.4. The van der Waals surface area contributed by atoms with Crippen LogP contribution < -0.4 is 48.3 Å². The summed E-state index contributed by atoms with van der Waals surface area (Å²) < 4.78 is 23.1. The van der Waals surface area contributed by atoms with E-state index in [-0.39, 0.29) is 13.0 Å². The van der Waals surface area contributed by atoms with Gasteiger partial charge in [0.25, 0.3) is 0 Å². The Morgan fingerprint density at radius 1 is 0.605 bits per heavy atom. The average Bonchev–Trinajstić information content (AvgIpc) is 3.91. The van der Waals surface area contributed by atoms with Crippen molar-refractivity contribution in [3.05, 3.63) is 0 Å². The van der Waals surface area contributed by atoms with E-state index in [2.05, 4.69) is 42.5 Å². The van der Waals surface area contributed by atoms with Gasteiger partial charge in [-0.05, 0) is 50.4 Å². The van der Waals surface area contributed by atoms with E-state index in [1.54, 1.807) is 55.4 Å². The predicted molar refractivity (Wildman–Crippen MR) is 280 cm³/mol. The van der Waals surface area contributed by atoms with Crippen molar-refractivity contribution in [3.8, 4) is 0 Å². The number of aliphatic hydroxyl groups excluding tert-OH is 6. The minimum Gasteiger partial charge on any atom is -0.480 e. The van der Waals surface area contributed by atoms with Crippen LogP contribution in [-0.4, -0.2) is 242 Å². The third-order valence-electron chi connectivity index (χ3n) is 13.9. The molecule has 0 bridgehead atoms. The molecule has 0 unspecified atom stereocenters. The second-order valence-corrected chi connectivity index (χ2v) is 21.8. The van der Waals surface area contributed by atoms with Gasteiger partial charge in [0.1, 0.15) is 97.6 Å². The minimum absolute atomic E-state index is 0.0908. The Kier molecular flexibility index (Phi) is 27.1. The molecule has 9 amide bonds. The number of nitrogens with one attached hydrogen (secondary N) is 8. The average molecular weight is 1160 g/mol. The van der Waals surface area contributed by atoms with Gasteiger partial charge in [-0.2, -0.15) is 0 Å². The number of carboxylic acid groups (broad SMARTS) is 1. The van der Waals surface area contributed by atoms with E-state index in [4.69, 9.17) is 29.8 Å². The summed E-state index contributed by atoms with van der Waals surface area (Å²) in [7, 11) is 0. The lowest BCUT2D eigenvalue weighted by molar-refractivity contribution is -0.347. The van der Waals surface area contributed by atoms with Gasteiger partial charge in [-0.1, -0.05) is 55.4 Å². The summed E-state index contributed by atoms with van der Waals surface area (Å²) in [6.07, 6.45) is -16.1. The second-order valence-electron chi connectivity index (χ2n) is 21.8. The fourth-order valence-electron chi connectivity index (χ4n) is 9.11. The molecule has 18 atom stereocenters. The van der Waals surface area contributed by atoms with Crippen LogP contribution in [0.3, 0.4) is 0 Å². The van der Waals surface area contributed by atoms with Crippen molar-refractivity contribution in [1.29, 1.82) is 0 Å². The molecule has 0 spiro atoms.